The van der Waals surface area contributed by atoms with E-state index in [0.717, 1.165) is 21.7 Å². The van der Waals surface area contributed by atoms with Gasteiger partial charge in [-0.1, -0.05) is 29.8 Å². The molecular weight excluding hydrogens is 509 g/mol. The van der Waals surface area contributed by atoms with Gasteiger partial charge >= 0.3 is 0 Å². The molecule has 0 saturated heterocycles. The van der Waals surface area contributed by atoms with E-state index in [1.165, 1.54) is 0 Å². The molecule has 0 aliphatic rings. The van der Waals surface area contributed by atoms with E-state index < -0.39 is 0 Å². The minimum absolute atomic E-state index is 0.368. The first-order valence-electron chi connectivity index (χ1n) is 11.4. The molecule has 1 N–H and O–H groups in total. The van der Waals surface area contributed by atoms with Crippen molar-refractivity contribution < 1.29 is 14.2 Å². The quantitative estimate of drug-likeness (QED) is 0.162. The molecule has 0 saturated carbocycles. The van der Waals surface area contributed by atoms with Crippen molar-refractivity contribution in [3.8, 4) is 29.1 Å². The maximum absolute atomic E-state index is 9.81. The van der Waals surface area contributed by atoms with E-state index in [4.69, 9.17) is 37.4 Å². The topological polar surface area (TPSA) is 76.4 Å². The van der Waals surface area contributed by atoms with Crippen molar-refractivity contribution in [1.82, 2.24) is 4.98 Å². The van der Waals surface area contributed by atoms with Gasteiger partial charge in [-0.15, -0.1) is 11.6 Å². The van der Waals surface area contributed by atoms with Crippen LogP contribution in [0.25, 0.3) is 21.7 Å². The van der Waals surface area contributed by atoms with Crippen LogP contribution in [0.15, 0.2) is 79.0 Å². The molecule has 5 aromatic rings. The Morgan fingerprint density at radius 1 is 0.946 bits per heavy atom. The van der Waals surface area contributed by atoms with Gasteiger partial charge in [0.05, 0.1) is 34.8 Å². The first kappa shape index (κ1) is 24.5. The van der Waals surface area contributed by atoms with Crippen LogP contribution in [0.5, 0.6) is 23.0 Å². The third kappa shape index (κ3) is 5.19. The first-order chi connectivity index (χ1) is 18.1. The minimum atomic E-state index is 0.368. The lowest BCUT2D eigenvalue weighted by Crippen LogP contribution is -2.00. The molecule has 0 radical (unpaired) electrons. The van der Waals surface area contributed by atoms with Crippen molar-refractivity contribution in [2.45, 2.75) is 0 Å². The van der Waals surface area contributed by atoms with Crippen LogP contribution < -0.4 is 19.5 Å². The van der Waals surface area contributed by atoms with Crippen molar-refractivity contribution in [3.05, 3.63) is 89.6 Å². The highest BCUT2D eigenvalue weighted by molar-refractivity contribution is 6.32. The van der Waals surface area contributed by atoms with Gasteiger partial charge in [-0.05, 0) is 65.4 Å². The maximum atomic E-state index is 9.81. The number of nitrogens with one attached hydrogen (secondary N) is 1. The fourth-order valence-corrected chi connectivity index (χ4v) is 4.30. The number of fused-ring (bicyclic) bond motifs is 2. The molecule has 0 aliphatic carbocycles. The number of nitrogens with zero attached hydrogens (tertiary/aromatic N) is 2. The molecule has 0 fully saturated rings. The Labute approximate surface area is 223 Å². The number of halogens is 2. The molecule has 1 heterocycles. The number of rotatable bonds is 8. The van der Waals surface area contributed by atoms with Crippen molar-refractivity contribution in [2.75, 3.05) is 24.9 Å². The molecule has 0 unspecified atom stereocenters. The SMILES string of the molecule is COc1cc2cc3c(Nc4ccc(Oc5ccccc5)c(Cl)c4)c(C#N)cnc3cc2cc1OCCCl. The lowest BCUT2D eigenvalue weighted by Gasteiger charge is -2.15. The summed E-state index contributed by atoms with van der Waals surface area (Å²) in [5, 5.41) is 16.2. The third-order valence-corrected chi connectivity index (χ3v) is 6.19. The van der Waals surface area contributed by atoms with Gasteiger partial charge in [0.1, 0.15) is 24.2 Å². The second kappa shape index (κ2) is 10.8. The molecule has 6 nitrogen and oxygen atoms in total. The van der Waals surface area contributed by atoms with Crippen LogP contribution in [-0.4, -0.2) is 24.6 Å². The summed E-state index contributed by atoms with van der Waals surface area (Å²) in [5.74, 6) is 2.79. The summed E-state index contributed by atoms with van der Waals surface area (Å²) in [7, 11) is 1.59. The molecular formula is C29H21Cl2N3O3. The molecule has 8 heteroatoms. The lowest BCUT2D eigenvalue weighted by molar-refractivity contribution is 0.313. The zero-order valence-electron chi connectivity index (χ0n) is 19.8. The highest BCUT2D eigenvalue weighted by Crippen LogP contribution is 2.38. The van der Waals surface area contributed by atoms with Crippen LogP contribution in [0, 0.1) is 11.3 Å². The number of methoxy groups -OCH3 is 1. The number of pyridine rings is 1. The van der Waals surface area contributed by atoms with Crippen LogP contribution in [0.1, 0.15) is 5.56 Å². The predicted octanol–water partition coefficient (Wildman–Crippen LogP) is 8.08. The van der Waals surface area contributed by atoms with Gasteiger partial charge in [-0.25, -0.2) is 0 Å². The van der Waals surface area contributed by atoms with Gasteiger partial charge in [0.25, 0.3) is 0 Å². The number of hydrogen-bond acceptors (Lipinski definition) is 6. The molecule has 1 aromatic heterocycles. The summed E-state index contributed by atoms with van der Waals surface area (Å²) >= 11 is 12.3. The molecule has 0 spiro atoms. The summed E-state index contributed by atoms with van der Waals surface area (Å²) in [6, 6.07) is 24.8. The van der Waals surface area contributed by atoms with Crippen LogP contribution in [-0.2, 0) is 0 Å². The Kier molecular flexibility index (Phi) is 7.18. The summed E-state index contributed by atoms with van der Waals surface area (Å²) in [5.41, 5.74) is 2.46. The van der Waals surface area contributed by atoms with Crippen LogP contribution in [0.4, 0.5) is 11.4 Å². The lowest BCUT2D eigenvalue weighted by atomic mass is 10.0. The number of nitriles is 1. The van der Waals surface area contributed by atoms with Gasteiger partial charge in [0, 0.05) is 17.3 Å². The van der Waals surface area contributed by atoms with Gasteiger partial charge < -0.3 is 19.5 Å². The van der Waals surface area contributed by atoms with Gasteiger partial charge in [-0.3, -0.25) is 4.98 Å². The molecule has 184 valence electrons. The van der Waals surface area contributed by atoms with E-state index in [1.54, 1.807) is 25.4 Å². The summed E-state index contributed by atoms with van der Waals surface area (Å²) < 4.78 is 17.1. The summed E-state index contributed by atoms with van der Waals surface area (Å²) in [6.07, 6.45) is 1.55. The molecule has 5 rings (SSSR count). The standard InChI is InChI=1S/C29H21Cl2N3O3/c1-35-27-13-18-11-23-25(12-19(18)14-28(27)36-10-9-30)33-17-20(16-32)29(23)34-21-7-8-26(24(31)15-21)37-22-5-3-2-4-6-22/h2-8,11-15,17H,9-10H2,1H3,(H,33,34). The van der Waals surface area contributed by atoms with Crippen molar-refractivity contribution >= 4 is 56.3 Å². The zero-order chi connectivity index (χ0) is 25.8. The normalized spacial score (nSPS) is 10.8. The number of anilines is 2. The van der Waals surface area contributed by atoms with Crippen LogP contribution in [0.3, 0.4) is 0 Å². The average Bonchev–Trinajstić information content (AvgIpc) is 2.92. The largest absolute Gasteiger partial charge is 0.493 e. The zero-order valence-corrected chi connectivity index (χ0v) is 21.3. The number of para-hydroxylation sites is 1. The monoisotopic (exact) mass is 529 g/mol. The second-order valence-corrected chi connectivity index (χ2v) is 8.89. The van der Waals surface area contributed by atoms with Crippen LogP contribution >= 0.6 is 23.2 Å². The Bertz CT molecular complexity index is 1640. The van der Waals surface area contributed by atoms with E-state index in [2.05, 4.69) is 16.4 Å². The summed E-state index contributed by atoms with van der Waals surface area (Å²) in [4.78, 5) is 4.52. The van der Waals surface area contributed by atoms with E-state index >= 15 is 0 Å². The molecule has 0 aliphatic heterocycles. The van der Waals surface area contributed by atoms with E-state index in [9.17, 15) is 5.26 Å². The van der Waals surface area contributed by atoms with Gasteiger partial charge in [-0.2, -0.15) is 5.26 Å². The van der Waals surface area contributed by atoms with Crippen LogP contribution in [0.2, 0.25) is 5.02 Å². The third-order valence-electron chi connectivity index (χ3n) is 5.74. The Balaban J connectivity index is 1.54. The Morgan fingerprint density at radius 2 is 1.73 bits per heavy atom. The molecule has 0 bridgehead atoms. The number of benzene rings is 4. The van der Waals surface area contributed by atoms with Gasteiger partial charge in [0.2, 0.25) is 0 Å². The van der Waals surface area contributed by atoms with E-state index in [0.29, 0.717) is 57.4 Å². The van der Waals surface area contributed by atoms with Gasteiger partial charge in [0.15, 0.2) is 11.5 Å². The maximum Gasteiger partial charge on any atom is 0.161 e. The molecule has 37 heavy (non-hydrogen) atoms. The van der Waals surface area contributed by atoms with Crippen molar-refractivity contribution in [1.29, 1.82) is 5.26 Å². The summed E-state index contributed by atoms with van der Waals surface area (Å²) in [6.45, 7) is 0.368. The smallest absolute Gasteiger partial charge is 0.161 e. The van der Waals surface area contributed by atoms with E-state index in [1.807, 2.05) is 60.7 Å². The molecule has 0 atom stereocenters. The number of hydrogen-bond donors (Lipinski definition) is 1. The predicted molar refractivity (Wildman–Crippen MR) is 148 cm³/mol. The minimum Gasteiger partial charge on any atom is -0.493 e. The number of ether oxygens (including phenoxy) is 3. The highest BCUT2D eigenvalue weighted by atomic mass is 35.5. The molecule has 4 aromatic carbocycles. The van der Waals surface area contributed by atoms with Crippen molar-refractivity contribution in [2.24, 2.45) is 0 Å². The molecule has 0 amide bonds. The fourth-order valence-electron chi connectivity index (χ4n) is 4.01. The first-order valence-corrected chi connectivity index (χ1v) is 12.3. The Morgan fingerprint density at radius 3 is 2.46 bits per heavy atom. The second-order valence-electron chi connectivity index (χ2n) is 8.10. The fraction of sp³-hybridized carbons (Fsp3) is 0.103. The van der Waals surface area contributed by atoms with E-state index in [-0.39, 0.29) is 0 Å². The highest BCUT2D eigenvalue weighted by Gasteiger charge is 2.14. The number of alkyl halides is 1. The number of aromatic nitrogens is 1. The van der Waals surface area contributed by atoms with Crippen molar-refractivity contribution in [3.63, 3.8) is 0 Å². The Hall–Kier alpha value is -4.18. The average molecular weight is 530 g/mol.